The zero-order chi connectivity index (χ0) is 10.6. The Hall–Kier alpha value is -1.10. The first-order valence-corrected chi connectivity index (χ1v) is 5.21. The predicted molar refractivity (Wildman–Crippen MR) is 57.1 cm³/mol. The van der Waals surface area contributed by atoms with Crippen LogP contribution in [0.25, 0.3) is 0 Å². The largest absolute Gasteiger partial charge is 0.486 e. The first-order valence-electron chi connectivity index (χ1n) is 4.09. The van der Waals surface area contributed by atoms with Gasteiger partial charge in [0, 0.05) is 11.4 Å². The minimum absolute atomic E-state index is 0.0107. The average molecular weight is 260 g/mol. The van der Waals surface area contributed by atoms with Gasteiger partial charge in [0.1, 0.15) is 0 Å². The Morgan fingerprint density at radius 2 is 2.29 bits per heavy atom. The van der Waals surface area contributed by atoms with E-state index in [1.54, 1.807) is 12.1 Å². The molecule has 1 aromatic carbocycles. The molecule has 0 heterocycles. The Kier molecular flexibility index (Phi) is 3.88. The van der Waals surface area contributed by atoms with Crippen LogP contribution in [0.15, 0.2) is 18.2 Å². The zero-order valence-electron chi connectivity index (χ0n) is 7.70. The summed E-state index contributed by atoms with van der Waals surface area (Å²) in [6.45, 7) is 2.29. The number of hydrogen-bond donors (Lipinski definition) is 0. The van der Waals surface area contributed by atoms with E-state index in [2.05, 4.69) is 15.9 Å². The summed E-state index contributed by atoms with van der Waals surface area (Å²) < 4.78 is 5.24. The number of benzene rings is 1. The topological polar surface area (TPSA) is 52.4 Å². The van der Waals surface area contributed by atoms with Gasteiger partial charge in [0.15, 0.2) is 5.75 Å². The maximum atomic E-state index is 10.6. The molecule has 0 unspecified atom stereocenters. The van der Waals surface area contributed by atoms with Crippen LogP contribution >= 0.6 is 15.9 Å². The molecule has 0 atom stereocenters. The highest BCUT2D eigenvalue weighted by Crippen LogP contribution is 2.27. The number of nitro benzene ring substituents is 1. The third-order valence-electron chi connectivity index (χ3n) is 1.65. The number of nitrogens with zero attached hydrogens (tertiary/aromatic N) is 1. The van der Waals surface area contributed by atoms with Gasteiger partial charge in [-0.05, 0) is 18.6 Å². The summed E-state index contributed by atoms with van der Waals surface area (Å²) in [6, 6.07) is 4.82. The highest BCUT2D eigenvalue weighted by Gasteiger charge is 2.14. The van der Waals surface area contributed by atoms with E-state index in [9.17, 15) is 10.1 Å². The lowest BCUT2D eigenvalue weighted by Gasteiger charge is -2.05. The van der Waals surface area contributed by atoms with Crippen molar-refractivity contribution in [3.05, 3.63) is 33.9 Å². The molecule has 0 radical (unpaired) electrons. The Morgan fingerprint density at radius 1 is 1.57 bits per heavy atom. The lowest BCUT2D eigenvalue weighted by Crippen LogP contribution is -2.01. The summed E-state index contributed by atoms with van der Waals surface area (Å²) in [6.07, 6.45) is 0. The van der Waals surface area contributed by atoms with Crippen molar-refractivity contribution in [2.75, 3.05) is 11.9 Å². The molecule has 0 aliphatic carbocycles. The number of rotatable bonds is 4. The second-order valence-electron chi connectivity index (χ2n) is 2.77. The average Bonchev–Trinajstić information content (AvgIpc) is 2.14. The van der Waals surface area contributed by atoms with Crippen LogP contribution in [0.5, 0.6) is 5.75 Å². The van der Waals surface area contributed by atoms with Crippen molar-refractivity contribution in [3.63, 3.8) is 0 Å². The van der Waals surface area contributed by atoms with Crippen LogP contribution in [0.2, 0.25) is 0 Å². The Bertz CT molecular complexity index is 341. The molecule has 0 bridgehead atoms. The quantitative estimate of drug-likeness (QED) is 0.475. The lowest BCUT2D eigenvalue weighted by atomic mass is 10.2. The van der Waals surface area contributed by atoms with Crippen LogP contribution in [-0.4, -0.2) is 16.9 Å². The van der Waals surface area contributed by atoms with Gasteiger partial charge in [0.05, 0.1) is 11.5 Å². The fourth-order valence-corrected chi connectivity index (χ4v) is 1.20. The van der Waals surface area contributed by atoms with E-state index in [1.165, 1.54) is 6.07 Å². The highest BCUT2D eigenvalue weighted by molar-refractivity contribution is 9.09. The van der Waals surface area contributed by atoms with E-state index < -0.39 is 4.92 Å². The lowest BCUT2D eigenvalue weighted by molar-refractivity contribution is -0.385. The van der Waals surface area contributed by atoms with E-state index in [-0.39, 0.29) is 5.69 Å². The van der Waals surface area contributed by atoms with Crippen molar-refractivity contribution in [2.45, 2.75) is 6.92 Å². The van der Waals surface area contributed by atoms with E-state index in [4.69, 9.17) is 4.74 Å². The maximum Gasteiger partial charge on any atom is 0.310 e. The van der Waals surface area contributed by atoms with Crippen molar-refractivity contribution in [3.8, 4) is 5.75 Å². The van der Waals surface area contributed by atoms with Gasteiger partial charge >= 0.3 is 5.69 Å². The Morgan fingerprint density at radius 3 is 2.86 bits per heavy atom. The van der Waals surface area contributed by atoms with E-state index >= 15 is 0 Å². The van der Waals surface area contributed by atoms with Gasteiger partial charge in [-0.2, -0.15) is 0 Å². The molecule has 76 valence electrons. The smallest absolute Gasteiger partial charge is 0.310 e. The zero-order valence-corrected chi connectivity index (χ0v) is 9.28. The molecule has 0 saturated heterocycles. The minimum Gasteiger partial charge on any atom is -0.486 e. The molecule has 0 aliphatic heterocycles. The van der Waals surface area contributed by atoms with E-state index in [0.717, 1.165) is 5.56 Å². The van der Waals surface area contributed by atoms with Gasteiger partial charge < -0.3 is 4.74 Å². The first kappa shape index (κ1) is 11.0. The molecule has 1 rings (SSSR count). The summed E-state index contributed by atoms with van der Waals surface area (Å²) in [5.41, 5.74) is 0.955. The maximum absolute atomic E-state index is 10.6. The number of halogens is 1. The molecule has 14 heavy (non-hydrogen) atoms. The molecule has 5 heteroatoms. The van der Waals surface area contributed by atoms with Gasteiger partial charge in [-0.3, -0.25) is 10.1 Å². The molecule has 0 aromatic heterocycles. The number of nitro groups is 1. The van der Waals surface area contributed by atoms with Crippen LogP contribution in [0, 0.1) is 17.0 Å². The SMILES string of the molecule is Cc1ccc([N+](=O)[O-])c(OCCBr)c1. The van der Waals surface area contributed by atoms with Crippen molar-refractivity contribution in [1.82, 2.24) is 0 Å². The van der Waals surface area contributed by atoms with Gasteiger partial charge in [-0.15, -0.1) is 0 Å². The molecule has 1 aromatic rings. The third-order valence-corrected chi connectivity index (χ3v) is 1.97. The summed E-state index contributed by atoms with van der Waals surface area (Å²) in [5.74, 6) is 0.328. The first-order chi connectivity index (χ1) is 6.65. The summed E-state index contributed by atoms with van der Waals surface area (Å²) in [7, 11) is 0. The summed E-state index contributed by atoms with van der Waals surface area (Å²) in [5, 5.41) is 11.3. The Labute approximate surface area is 90.2 Å². The van der Waals surface area contributed by atoms with Gasteiger partial charge in [0.2, 0.25) is 0 Å². The second-order valence-corrected chi connectivity index (χ2v) is 3.56. The molecule has 0 N–H and O–H groups in total. The highest BCUT2D eigenvalue weighted by atomic mass is 79.9. The van der Waals surface area contributed by atoms with Gasteiger partial charge in [-0.25, -0.2) is 0 Å². The third kappa shape index (κ3) is 2.70. The van der Waals surface area contributed by atoms with Crippen molar-refractivity contribution >= 4 is 21.6 Å². The van der Waals surface area contributed by atoms with E-state index in [0.29, 0.717) is 17.7 Å². The second kappa shape index (κ2) is 4.95. The van der Waals surface area contributed by atoms with Crippen LogP contribution in [0.1, 0.15) is 5.56 Å². The molecule has 0 spiro atoms. The summed E-state index contributed by atoms with van der Waals surface area (Å²) in [4.78, 5) is 10.2. The number of ether oxygens (including phenoxy) is 1. The van der Waals surface area contributed by atoms with Crippen LogP contribution in [-0.2, 0) is 0 Å². The van der Waals surface area contributed by atoms with Gasteiger partial charge in [-0.1, -0.05) is 22.0 Å². The van der Waals surface area contributed by atoms with Gasteiger partial charge in [0.25, 0.3) is 0 Å². The van der Waals surface area contributed by atoms with Crippen molar-refractivity contribution < 1.29 is 9.66 Å². The monoisotopic (exact) mass is 259 g/mol. The molecule has 0 saturated carbocycles. The normalized spacial score (nSPS) is 9.86. The summed E-state index contributed by atoms with van der Waals surface area (Å²) >= 11 is 3.19. The molecule has 4 nitrogen and oxygen atoms in total. The standard InChI is InChI=1S/C9H10BrNO3/c1-7-2-3-8(11(12)13)9(6-7)14-5-4-10/h2-3,6H,4-5H2,1H3. The fraction of sp³-hybridized carbons (Fsp3) is 0.333. The molecular weight excluding hydrogens is 250 g/mol. The minimum atomic E-state index is -0.441. The van der Waals surface area contributed by atoms with Crippen molar-refractivity contribution in [2.24, 2.45) is 0 Å². The molecule has 0 fully saturated rings. The number of hydrogen-bond acceptors (Lipinski definition) is 3. The van der Waals surface area contributed by atoms with Crippen LogP contribution in [0.4, 0.5) is 5.69 Å². The molecular formula is C9H10BrNO3. The van der Waals surface area contributed by atoms with E-state index in [1.807, 2.05) is 6.92 Å². The number of alkyl halides is 1. The molecule has 0 aliphatic rings. The van der Waals surface area contributed by atoms with Crippen molar-refractivity contribution in [1.29, 1.82) is 0 Å². The fourth-order valence-electron chi connectivity index (χ4n) is 1.04. The Balaban J connectivity index is 2.97. The number of aryl methyl sites for hydroxylation is 1. The van der Waals surface area contributed by atoms with Crippen LogP contribution in [0.3, 0.4) is 0 Å². The predicted octanol–water partition coefficient (Wildman–Crippen LogP) is 2.68. The molecule has 0 amide bonds. The van der Waals surface area contributed by atoms with Crippen LogP contribution < -0.4 is 4.74 Å².